The van der Waals surface area contributed by atoms with Crippen LogP contribution in [-0.4, -0.2) is 25.1 Å². The molecule has 28 heavy (non-hydrogen) atoms. The zero-order valence-corrected chi connectivity index (χ0v) is 15.5. The summed E-state index contributed by atoms with van der Waals surface area (Å²) < 4.78 is 10.2. The van der Waals surface area contributed by atoms with Crippen LogP contribution in [0.3, 0.4) is 0 Å². The van der Waals surface area contributed by atoms with E-state index in [1.54, 1.807) is 25.3 Å². The van der Waals surface area contributed by atoms with E-state index in [4.69, 9.17) is 9.47 Å². The third-order valence-corrected chi connectivity index (χ3v) is 5.57. The van der Waals surface area contributed by atoms with Crippen LogP contribution in [0.1, 0.15) is 39.9 Å². The number of anilines is 1. The molecular weight excluding hydrogens is 360 g/mol. The van der Waals surface area contributed by atoms with Crippen molar-refractivity contribution in [3.63, 3.8) is 0 Å². The molecular formula is C21H20N2O5. The molecule has 1 aliphatic carbocycles. The zero-order chi connectivity index (χ0) is 19.8. The quantitative estimate of drug-likeness (QED) is 0.370. The molecule has 0 saturated heterocycles. The van der Waals surface area contributed by atoms with Gasteiger partial charge in [0.25, 0.3) is 5.69 Å². The fourth-order valence-corrected chi connectivity index (χ4v) is 4.27. The maximum Gasteiger partial charge on any atom is 0.337 e. The molecule has 0 saturated carbocycles. The maximum atomic E-state index is 11.7. The summed E-state index contributed by atoms with van der Waals surface area (Å²) in [6.45, 7) is 0. The molecule has 1 aliphatic heterocycles. The van der Waals surface area contributed by atoms with Gasteiger partial charge in [0.05, 0.1) is 42.0 Å². The summed E-state index contributed by atoms with van der Waals surface area (Å²) >= 11 is 0. The molecule has 0 unspecified atom stereocenters. The van der Waals surface area contributed by atoms with Crippen molar-refractivity contribution < 1.29 is 19.2 Å². The lowest BCUT2D eigenvalue weighted by Gasteiger charge is -2.37. The zero-order valence-electron chi connectivity index (χ0n) is 15.5. The van der Waals surface area contributed by atoms with Gasteiger partial charge < -0.3 is 14.8 Å². The molecule has 0 amide bonds. The van der Waals surface area contributed by atoms with Gasteiger partial charge >= 0.3 is 5.97 Å². The molecule has 7 heteroatoms. The lowest BCUT2D eigenvalue weighted by atomic mass is 9.76. The Kier molecular flexibility index (Phi) is 4.50. The van der Waals surface area contributed by atoms with Crippen molar-refractivity contribution in [3.05, 3.63) is 75.4 Å². The number of nitrogens with one attached hydrogen (secondary N) is 1. The van der Waals surface area contributed by atoms with E-state index in [1.807, 2.05) is 18.2 Å². The van der Waals surface area contributed by atoms with Crippen LogP contribution in [0, 0.1) is 16.0 Å². The number of benzene rings is 2. The van der Waals surface area contributed by atoms with Crippen molar-refractivity contribution >= 4 is 17.3 Å². The summed E-state index contributed by atoms with van der Waals surface area (Å²) in [7, 11) is 2.91. The van der Waals surface area contributed by atoms with E-state index in [1.165, 1.54) is 13.2 Å². The highest BCUT2D eigenvalue weighted by molar-refractivity contribution is 5.89. The summed E-state index contributed by atoms with van der Waals surface area (Å²) in [5.74, 6) is 0.265. The van der Waals surface area contributed by atoms with Crippen molar-refractivity contribution in [2.75, 3.05) is 19.5 Å². The third kappa shape index (κ3) is 2.79. The average Bonchev–Trinajstić information content (AvgIpc) is 3.21. The monoisotopic (exact) mass is 380 g/mol. The number of hydrogen-bond donors (Lipinski definition) is 1. The van der Waals surface area contributed by atoms with E-state index in [0.717, 1.165) is 12.0 Å². The molecule has 1 N–H and O–H groups in total. The Morgan fingerprint density at radius 1 is 1.18 bits per heavy atom. The number of rotatable bonds is 4. The molecule has 2 aromatic carbocycles. The standard InChI is InChI=1S/C21H20N2O5/c1-27-17-11-10-16(23(25)26)18-14-4-3-5-15(14)19(22-20(17)18)12-6-8-13(9-7-12)21(24)28-2/h3-4,6-11,14-15,19,22H,5H2,1-2H3/t14-,15+,19+/m1/s1. The molecule has 0 bridgehead atoms. The highest BCUT2D eigenvalue weighted by atomic mass is 16.6. The molecule has 2 aliphatic rings. The Bertz CT molecular complexity index is 968. The summed E-state index contributed by atoms with van der Waals surface area (Å²) in [4.78, 5) is 23.0. The predicted molar refractivity (Wildman–Crippen MR) is 104 cm³/mol. The van der Waals surface area contributed by atoms with Crippen molar-refractivity contribution in [1.29, 1.82) is 0 Å². The highest BCUT2D eigenvalue weighted by Crippen LogP contribution is 2.54. The van der Waals surface area contributed by atoms with Crippen LogP contribution in [0.2, 0.25) is 0 Å². The van der Waals surface area contributed by atoms with E-state index >= 15 is 0 Å². The van der Waals surface area contributed by atoms with Crippen molar-refractivity contribution in [2.24, 2.45) is 5.92 Å². The minimum Gasteiger partial charge on any atom is -0.495 e. The first-order valence-corrected chi connectivity index (χ1v) is 9.02. The van der Waals surface area contributed by atoms with Crippen LogP contribution in [0.15, 0.2) is 48.6 Å². The second kappa shape index (κ2) is 6.99. The minimum atomic E-state index is -0.383. The summed E-state index contributed by atoms with van der Waals surface area (Å²) in [5.41, 5.74) is 2.92. The maximum absolute atomic E-state index is 11.7. The highest BCUT2D eigenvalue weighted by Gasteiger charge is 2.42. The Balaban J connectivity index is 1.79. The lowest BCUT2D eigenvalue weighted by molar-refractivity contribution is -0.385. The number of methoxy groups -OCH3 is 2. The number of ether oxygens (including phenoxy) is 2. The number of nitrogens with zero attached hydrogens (tertiary/aromatic N) is 1. The first-order valence-electron chi connectivity index (χ1n) is 9.02. The van der Waals surface area contributed by atoms with E-state index in [9.17, 15) is 14.9 Å². The smallest absolute Gasteiger partial charge is 0.337 e. The predicted octanol–water partition coefficient (Wildman–Crippen LogP) is 4.22. The molecule has 0 radical (unpaired) electrons. The van der Waals surface area contributed by atoms with Crippen LogP contribution in [-0.2, 0) is 4.74 Å². The largest absolute Gasteiger partial charge is 0.495 e. The molecule has 0 spiro atoms. The van der Waals surface area contributed by atoms with Crippen LogP contribution in [0.4, 0.5) is 11.4 Å². The number of nitro groups is 1. The molecule has 144 valence electrons. The van der Waals surface area contributed by atoms with E-state index in [2.05, 4.69) is 11.4 Å². The first kappa shape index (κ1) is 18.0. The first-order chi connectivity index (χ1) is 13.5. The van der Waals surface area contributed by atoms with Crippen LogP contribution in [0.5, 0.6) is 5.75 Å². The summed E-state index contributed by atoms with van der Waals surface area (Å²) in [6, 6.07) is 10.3. The third-order valence-electron chi connectivity index (χ3n) is 5.57. The Hall–Kier alpha value is -3.35. The lowest BCUT2D eigenvalue weighted by Crippen LogP contribution is -2.30. The Morgan fingerprint density at radius 3 is 2.57 bits per heavy atom. The number of fused-ring (bicyclic) bond motifs is 3. The number of esters is 1. The number of hydrogen-bond acceptors (Lipinski definition) is 6. The number of allylic oxidation sites excluding steroid dienone is 2. The Labute approximate surface area is 162 Å². The van der Waals surface area contributed by atoms with Gasteiger partial charge in [0.15, 0.2) is 0 Å². The second-order valence-corrected chi connectivity index (χ2v) is 6.92. The SMILES string of the molecule is COC(=O)c1ccc([C@@H]2Nc3c(OC)ccc([N+](=O)[O-])c3[C@@H]3C=CC[C@@H]32)cc1. The number of carbonyl (C=O) groups is 1. The normalized spacial score (nSPS) is 22.0. The van der Waals surface area contributed by atoms with Gasteiger partial charge in [-0.15, -0.1) is 0 Å². The molecule has 0 fully saturated rings. The van der Waals surface area contributed by atoms with Gasteiger partial charge in [-0.3, -0.25) is 10.1 Å². The van der Waals surface area contributed by atoms with E-state index in [0.29, 0.717) is 22.6 Å². The van der Waals surface area contributed by atoms with Crippen LogP contribution < -0.4 is 10.1 Å². The van der Waals surface area contributed by atoms with E-state index in [-0.39, 0.29) is 34.5 Å². The van der Waals surface area contributed by atoms with Crippen molar-refractivity contribution in [2.45, 2.75) is 18.4 Å². The fourth-order valence-electron chi connectivity index (χ4n) is 4.27. The van der Waals surface area contributed by atoms with Gasteiger partial charge in [-0.2, -0.15) is 0 Å². The molecule has 2 aromatic rings. The summed E-state index contributed by atoms with van der Waals surface area (Å²) in [5, 5.41) is 15.1. The summed E-state index contributed by atoms with van der Waals surface area (Å²) in [6.07, 6.45) is 4.94. The second-order valence-electron chi connectivity index (χ2n) is 6.92. The molecule has 0 aromatic heterocycles. The topological polar surface area (TPSA) is 90.7 Å². The van der Waals surface area contributed by atoms with Gasteiger partial charge in [0.2, 0.25) is 0 Å². The van der Waals surface area contributed by atoms with Crippen LogP contribution in [0.25, 0.3) is 0 Å². The molecule has 4 rings (SSSR count). The van der Waals surface area contributed by atoms with Gasteiger partial charge in [-0.1, -0.05) is 24.3 Å². The molecule has 1 heterocycles. The molecule has 3 atom stereocenters. The van der Waals surface area contributed by atoms with Crippen molar-refractivity contribution in [1.82, 2.24) is 0 Å². The Morgan fingerprint density at radius 2 is 1.93 bits per heavy atom. The van der Waals surface area contributed by atoms with Crippen molar-refractivity contribution in [3.8, 4) is 5.75 Å². The average molecular weight is 380 g/mol. The van der Waals surface area contributed by atoms with Crippen LogP contribution >= 0.6 is 0 Å². The van der Waals surface area contributed by atoms with Gasteiger partial charge in [-0.05, 0) is 36.1 Å². The molecule has 7 nitrogen and oxygen atoms in total. The minimum absolute atomic E-state index is 0.0601. The number of nitro benzene ring substituents is 1. The fraction of sp³-hybridized carbons (Fsp3) is 0.286. The van der Waals surface area contributed by atoms with Gasteiger partial charge in [0, 0.05) is 12.0 Å². The number of carbonyl (C=O) groups excluding carboxylic acids is 1. The van der Waals surface area contributed by atoms with E-state index < -0.39 is 0 Å². The van der Waals surface area contributed by atoms with Gasteiger partial charge in [-0.25, -0.2) is 4.79 Å². The van der Waals surface area contributed by atoms with Gasteiger partial charge in [0.1, 0.15) is 5.75 Å².